The molecule has 3 atom stereocenters. The number of hydrogen-bond donors (Lipinski definition) is 0. The molecule has 1 aromatic carbocycles. The van der Waals surface area contributed by atoms with Crippen LogP contribution in [-0.2, 0) is 14.6 Å². The maximum atomic E-state index is 12.0. The molecule has 3 heteroatoms. The third-order valence-corrected chi connectivity index (χ3v) is 11.3. The molecule has 134 valence electrons. The molecule has 0 N–H and O–H groups in total. The Bertz CT molecular complexity index is 599. The second-order valence-corrected chi connectivity index (χ2v) is 14.4. The summed E-state index contributed by atoms with van der Waals surface area (Å²) in [5.41, 5.74) is 1.95. The summed E-state index contributed by atoms with van der Waals surface area (Å²) in [5.74, 6) is 0. The first-order valence-corrected chi connectivity index (χ1v) is 12.0. The van der Waals surface area contributed by atoms with Gasteiger partial charge in [-0.1, -0.05) is 64.4 Å². The lowest BCUT2D eigenvalue weighted by Crippen LogP contribution is -2.43. The average molecular weight is 347 g/mol. The maximum Gasteiger partial charge on any atom is 0.192 e. The fourth-order valence-electron chi connectivity index (χ4n) is 3.68. The molecule has 0 aliphatic heterocycles. The molecule has 1 aliphatic rings. The van der Waals surface area contributed by atoms with E-state index in [2.05, 4.69) is 78.9 Å². The summed E-state index contributed by atoms with van der Waals surface area (Å²) in [4.78, 5) is 12.0. The molecule has 0 heterocycles. The van der Waals surface area contributed by atoms with Gasteiger partial charge in [-0.05, 0) is 43.5 Å². The van der Waals surface area contributed by atoms with E-state index in [1.165, 1.54) is 17.4 Å². The standard InChI is InChI=1S/C21H34O2Si/c1-16-9-11-17(12-10-16)21(6)14-18(13-20(21,5)15-22)23-24(7,8)19(2,3)4/h9-12,15,18H,13-14H2,1-8H3/t18-,20+,21-/m0/s1. The van der Waals surface area contributed by atoms with E-state index in [0.717, 1.165) is 12.8 Å². The van der Waals surface area contributed by atoms with Gasteiger partial charge in [0.15, 0.2) is 8.32 Å². The van der Waals surface area contributed by atoms with E-state index in [0.29, 0.717) is 0 Å². The third kappa shape index (κ3) is 3.25. The summed E-state index contributed by atoms with van der Waals surface area (Å²) >= 11 is 0. The average Bonchev–Trinajstić information content (AvgIpc) is 2.70. The van der Waals surface area contributed by atoms with Gasteiger partial charge in [-0.25, -0.2) is 0 Å². The van der Waals surface area contributed by atoms with Gasteiger partial charge in [-0.3, -0.25) is 0 Å². The molecule has 2 rings (SSSR count). The zero-order valence-electron chi connectivity index (χ0n) is 16.7. The van der Waals surface area contributed by atoms with Crippen LogP contribution in [0.3, 0.4) is 0 Å². The van der Waals surface area contributed by atoms with Gasteiger partial charge in [-0.15, -0.1) is 0 Å². The minimum absolute atomic E-state index is 0.160. The summed E-state index contributed by atoms with van der Waals surface area (Å²) in [6.07, 6.45) is 3.06. The molecule has 0 saturated heterocycles. The van der Waals surface area contributed by atoms with Gasteiger partial charge < -0.3 is 9.22 Å². The van der Waals surface area contributed by atoms with Crippen LogP contribution in [0.25, 0.3) is 0 Å². The Hall–Kier alpha value is -0.933. The quantitative estimate of drug-likeness (QED) is 0.521. The van der Waals surface area contributed by atoms with Crippen LogP contribution >= 0.6 is 0 Å². The molecular weight excluding hydrogens is 312 g/mol. The molecule has 1 fully saturated rings. The molecule has 1 saturated carbocycles. The molecule has 2 nitrogen and oxygen atoms in total. The first-order chi connectivity index (χ1) is 10.8. The van der Waals surface area contributed by atoms with Gasteiger partial charge in [0.2, 0.25) is 0 Å². The predicted octanol–water partition coefficient (Wildman–Crippen LogP) is 5.64. The van der Waals surface area contributed by atoms with Crippen LogP contribution in [0.2, 0.25) is 18.1 Å². The fourth-order valence-corrected chi connectivity index (χ4v) is 5.04. The summed E-state index contributed by atoms with van der Waals surface area (Å²) in [7, 11) is -1.83. The van der Waals surface area contributed by atoms with E-state index >= 15 is 0 Å². The van der Waals surface area contributed by atoms with Gasteiger partial charge in [0.05, 0.1) is 0 Å². The van der Waals surface area contributed by atoms with Crippen LogP contribution in [0.5, 0.6) is 0 Å². The smallest absolute Gasteiger partial charge is 0.192 e. The highest BCUT2D eigenvalue weighted by molar-refractivity contribution is 6.74. The first-order valence-electron chi connectivity index (χ1n) is 9.06. The Kier molecular flexibility index (Phi) is 4.93. The highest BCUT2D eigenvalue weighted by atomic mass is 28.4. The largest absolute Gasteiger partial charge is 0.414 e. The van der Waals surface area contributed by atoms with Crippen LogP contribution in [0.1, 0.15) is 58.6 Å². The highest BCUT2D eigenvalue weighted by Gasteiger charge is 2.55. The lowest BCUT2D eigenvalue weighted by Gasteiger charge is -2.39. The number of carbonyl (C=O) groups excluding carboxylic acids is 1. The number of hydrogen-bond acceptors (Lipinski definition) is 2. The molecule has 1 aromatic rings. The monoisotopic (exact) mass is 346 g/mol. The number of rotatable bonds is 4. The van der Waals surface area contributed by atoms with Crippen molar-refractivity contribution >= 4 is 14.6 Å². The SMILES string of the molecule is Cc1ccc([C@]2(C)C[C@@H](O[Si](C)(C)C(C)(C)C)C[C@]2(C)C=O)cc1. The van der Waals surface area contributed by atoms with Crippen LogP contribution in [0.4, 0.5) is 0 Å². The lowest BCUT2D eigenvalue weighted by atomic mass is 9.65. The topological polar surface area (TPSA) is 26.3 Å². The van der Waals surface area contributed by atoms with Gasteiger partial charge in [-0.2, -0.15) is 0 Å². The van der Waals surface area contributed by atoms with Crippen molar-refractivity contribution in [1.29, 1.82) is 0 Å². The van der Waals surface area contributed by atoms with Crippen molar-refractivity contribution in [2.24, 2.45) is 5.41 Å². The van der Waals surface area contributed by atoms with E-state index in [1.54, 1.807) is 0 Å². The van der Waals surface area contributed by atoms with Crippen molar-refractivity contribution in [3.8, 4) is 0 Å². The number of aldehydes is 1. The number of carbonyl (C=O) groups is 1. The van der Waals surface area contributed by atoms with Crippen molar-refractivity contribution in [2.45, 2.75) is 84.0 Å². The van der Waals surface area contributed by atoms with Crippen LogP contribution in [0, 0.1) is 12.3 Å². The van der Waals surface area contributed by atoms with Crippen molar-refractivity contribution in [3.63, 3.8) is 0 Å². The summed E-state index contributed by atoms with van der Waals surface area (Å²) in [6, 6.07) is 8.67. The molecule has 0 bridgehead atoms. The van der Waals surface area contributed by atoms with Crippen molar-refractivity contribution < 1.29 is 9.22 Å². The van der Waals surface area contributed by atoms with E-state index in [4.69, 9.17) is 4.43 Å². The second kappa shape index (κ2) is 6.10. The van der Waals surface area contributed by atoms with Gasteiger partial charge in [0.25, 0.3) is 0 Å². The minimum Gasteiger partial charge on any atom is -0.414 e. The van der Waals surface area contributed by atoms with Crippen LogP contribution in [0.15, 0.2) is 24.3 Å². The molecule has 0 unspecified atom stereocenters. The maximum absolute atomic E-state index is 12.0. The third-order valence-electron chi connectivity index (χ3n) is 6.76. The molecule has 0 radical (unpaired) electrons. The zero-order valence-corrected chi connectivity index (χ0v) is 17.7. The van der Waals surface area contributed by atoms with E-state index in [1.807, 2.05) is 0 Å². The van der Waals surface area contributed by atoms with Gasteiger partial charge in [0, 0.05) is 16.9 Å². The molecule has 0 aromatic heterocycles. The highest BCUT2D eigenvalue weighted by Crippen LogP contribution is 2.55. The Morgan fingerprint density at radius 3 is 2.12 bits per heavy atom. The molecular formula is C21H34O2Si. The van der Waals surface area contributed by atoms with E-state index < -0.39 is 8.32 Å². The van der Waals surface area contributed by atoms with Crippen molar-refractivity contribution in [1.82, 2.24) is 0 Å². The molecule has 1 aliphatic carbocycles. The van der Waals surface area contributed by atoms with Crippen molar-refractivity contribution in [3.05, 3.63) is 35.4 Å². The Balaban J connectivity index is 2.33. The molecule has 0 amide bonds. The van der Waals surface area contributed by atoms with Crippen molar-refractivity contribution in [2.75, 3.05) is 0 Å². The Morgan fingerprint density at radius 1 is 1.12 bits per heavy atom. The Morgan fingerprint density at radius 2 is 1.67 bits per heavy atom. The molecule has 24 heavy (non-hydrogen) atoms. The first kappa shape index (κ1) is 19.4. The fraction of sp³-hybridized carbons (Fsp3) is 0.667. The normalized spacial score (nSPS) is 31.2. The zero-order chi connectivity index (χ0) is 18.4. The number of aryl methyl sites for hydroxylation is 1. The summed E-state index contributed by atoms with van der Waals surface area (Å²) in [5, 5.41) is 0.188. The Labute approximate surface area is 149 Å². The summed E-state index contributed by atoms with van der Waals surface area (Å²) in [6.45, 7) is 17.9. The van der Waals surface area contributed by atoms with Crippen LogP contribution < -0.4 is 0 Å². The van der Waals surface area contributed by atoms with E-state index in [9.17, 15) is 4.79 Å². The van der Waals surface area contributed by atoms with E-state index in [-0.39, 0.29) is 22.0 Å². The predicted molar refractivity (Wildman–Crippen MR) is 104 cm³/mol. The minimum atomic E-state index is -1.83. The molecule has 0 spiro atoms. The van der Waals surface area contributed by atoms with Crippen LogP contribution in [-0.4, -0.2) is 20.7 Å². The number of benzene rings is 1. The lowest BCUT2D eigenvalue weighted by molar-refractivity contribution is -0.117. The van der Waals surface area contributed by atoms with Gasteiger partial charge >= 0.3 is 0 Å². The van der Waals surface area contributed by atoms with Gasteiger partial charge in [0.1, 0.15) is 6.29 Å². The summed E-state index contributed by atoms with van der Waals surface area (Å²) < 4.78 is 6.68. The second-order valence-electron chi connectivity index (χ2n) is 9.64.